The Labute approximate surface area is 287 Å². The number of anilines is 3. The van der Waals surface area contributed by atoms with Crippen LogP contribution in [0.15, 0.2) is 200 Å². The van der Waals surface area contributed by atoms with E-state index in [1.54, 1.807) is 0 Å². The van der Waals surface area contributed by atoms with E-state index < -0.39 is 0 Å². The lowest BCUT2D eigenvalue weighted by Gasteiger charge is -2.26. The molecule has 0 aliphatic rings. The molecule has 1 nitrogen and oxygen atoms in total. The van der Waals surface area contributed by atoms with Crippen LogP contribution in [0.1, 0.15) is 0 Å². The number of hydrogen-bond donors (Lipinski definition) is 0. The molecule has 0 saturated carbocycles. The second kappa shape index (κ2) is 12.3. The van der Waals surface area contributed by atoms with Gasteiger partial charge in [-0.15, -0.1) is 0 Å². The van der Waals surface area contributed by atoms with E-state index in [2.05, 4.69) is 205 Å². The molecule has 0 atom stereocenters. The topological polar surface area (TPSA) is 3.24 Å². The molecule has 0 saturated heterocycles. The maximum absolute atomic E-state index is 2.34. The van der Waals surface area contributed by atoms with Crippen molar-refractivity contribution in [2.45, 2.75) is 0 Å². The molecule has 0 radical (unpaired) electrons. The molecule has 0 spiro atoms. The van der Waals surface area contributed by atoms with Gasteiger partial charge in [-0.2, -0.15) is 0 Å². The Morgan fingerprint density at radius 3 is 1.45 bits per heavy atom. The highest BCUT2D eigenvalue weighted by atomic mass is 15.1. The zero-order chi connectivity index (χ0) is 32.6. The summed E-state index contributed by atoms with van der Waals surface area (Å²) in [7, 11) is 0. The third-order valence-electron chi connectivity index (χ3n) is 9.62. The third kappa shape index (κ3) is 5.42. The van der Waals surface area contributed by atoms with Gasteiger partial charge in [-0.05, 0) is 114 Å². The Hall–Kier alpha value is -6.44. The SMILES string of the molecule is c1ccc(-c2cccc(-c3ccc(N(c4ccccc4)c4cccc(-c5ccc6c(ccc7c8ccccc8ccc67)c5)c4)cc3)c2)cc1. The second-order valence-corrected chi connectivity index (χ2v) is 12.6. The molecular formula is C48H33N. The predicted octanol–water partition coefficient (Wildman–Crippen LogP) is 13.6. The third-order valence-corrected chi connectivity index (χ3v) is 9.62. The molecular weight excluding hydrogens is 591 g/mol. The molecule has 0 aromatic heterocycles. The molecule has 0 unspecified atom stereocenters. The Kier molecular flexibility index (Phi) is 7.22. The molecule has 230 valence electrons. The zero-order valence-corrected chi connectivity index (χ0v) is 27.0. The molecule has 0 heterocycles. The predicted molar refractivity (Wildman–Crippen MR) is 210 cm³/mol. The van der Waals surface area contributed by atoms with Gasteiger partial charge in [-0.3, -0.25) is 0 Å². The van der Waals surface area contributed by atoms with Gasteiger partial charge in [0.15, 0.2) is 0 Å². The summed E-state index contributed by atoms with van der Waals surface area (Å²) < 4.78 is 0. The molecule has 9 aromatic rings. The van der Waals surface area contributed by atoms with Gasteiger partial charge in [0, 0.05) is 17.1 Å². The number of rotatable bonds is 6. The van der Waals surface area contributed by atoms with Gasteiger partial charge >= 0.3 is 0 Å². The quantitative estimate of drug-likeness (QED) is 0.167. The fourth-order valence-corrected chi connectivity index (χ4v) is 7.17. The Balaban J connectivity index is 1.08. The van der Waals surface area contributed by atoms with Crippen LogP contribution in [0, 0.1) is 0 Å². The van der Waals surface area contributed by atoms with Gasteiger partial charge in [0.05, 0.1) is 0 Å². The van der Waals surface area contributed by atoms with E-state index in [0.717, 1.165) is 17.1 Å². The minimum atomic E-state index is 1.11. The van der Waals surface area contributed by atoms with Crippen LogP contribution < -0.4 is 4.90 Å². The molecule has 0 bridgehead atoms. The zero-order valence-electron chi connectivity index (χ0n) is 27.0. The van der Waals surface area contributed by atoms with Crippen LogP contribution in [0.2, 0.25) is 0 Å². The molecule has 0 aliphatic heterocycles. The maximum atomic E-state index is 2.34. The monoisotopic (exact) mass is 623 g/mol. The van der Waals surface area contributed by atoms with Crippen molar-refractivity contribution < 1.29 is 0 Å². The van der Waals surface area contributed by atoms with E-state index in [9.17, 15) is 0 Å². The normalized spacial score (nSPS) is 11.3. The van der Waals surface area contributed by atoms with Gasteiger partial charge < -0.3 is 4.90 Å². The Bertz CT molecular complexity index is 2590. The van der Waals surface area contributed by atoms with Gasteiger partial charge in [-0.1, -0.05) is 152 Å². The number of para-hydroxylation sites is 1. The molecule has 0 fully saturated rings. The number of benzene rings is 9. The minimum absolute atomic E-state index is 1.11. The van der Waals surface area contributed by atoms with E-state index in [0.29, 0.717) is 0 Å². The molecule has 0 aliphatic carbocycles. The summed E-state index contributed by atoms with van der Waals surface area (Å²) in [5, 5.41) is 7.70. The van der Waals surface area contributed by atoms with E-state index in [-0.39, 0.29) is 0 Å². The van der Waals surface area contributed by atoms with Gasteiger partial charge in [-0.25, -0.2) is 0 Å². The summed E-state index contributed by atoms with van der Waals surface area (Å²) in [6, 6.07) is 72.4. The van der Waals surface area contributed by atoms with E-state index in [1.807, 2.05) is 0 Å². The molecule has 0 N–H and O–H groups in total. The lowest BCUT2D eigenvalue weighted by molar-refractivity contribution is 1.28. The van der Waals surface area contributed by atoms with E-state index in [4.69, 9.17) is 0 Å². The first-order chi connectivity index (χ1) is 24.3. The van der Waals surface area contributed by atoms with Crippen molar-refractivity contribution in [1.29, 1.82) is 0 Å². The first kappa shape index (κ1) is 28.8. The molecule has 49 heavy (non-hydrogen) atoms. The van der Waals surface area contributed by atoms with Crippen molar-refractivity contribution in [2.75, 3.05) is 4.90 Å². The second-order valence-electron chi connectivity index (χ2n) is 12.6. The van der Waals surface area contributed by atoms with Crippen molar-refractivity contribution in [2.24, 2.45) is 0 Å². The van der Waals surface area contributed by atoms with Crippen molar-refractivity contribution in [3.8, 4) is 33.4 Å². The fourth-order valence-electron chi connectivity index (χ4n) is 7.17. The number of nitrogens with zero attached hydrogens (tertiary/aromatic N) is 1. The van der Waals surface area contributed by atoms with Crippen molar-refractivity contribution >= 4 is 49.4 Å². The Morgan fingerprint density at radius 1 is 0.224 bits per heavy atom. The summed E-state index contributed by atoms with van der Waals surface area (Å²) >= 11 is 0. The summed E-state index contributed by atoms with van der Waals surface area (Å²) in [6.07, 6.45) is 0. The summed E-state index contributed by atoms with van der Waals surface area (Å²) in [6.45, 7) is 0. The van der Waals surface area contributed by atoms with Crippen LogP contribution in [0.25, 0.3) is 65.7 Å². The van der Waals surface area contributed by atoms with Crippen molar-refractivity contribution in [3.05, 3.63) is 200 Å². The van der Waals surface area contributed by atoms with Crippen LogP contribution in [-0.2, 0) is 0 Å². The number of fused-ring (bicyclic) bond motifs is 5. The smallest absolute Gasteiger partial charge is 0.0467 e. The molecule has 1 heteroatoms. The lowest BCUT2D eigenvalue weighted by atomic mass is 9.94. The highest BCUT2D eigenvalue weighted by Gasteiger charge is 2.14. The maximum Gasteiger partial charge on any atom is 0.0467 e. The van der Waals surface area contributed by atoms with Crippen molar-refractivity contribution in [1.82, 2.24) is 0 Å². The van der Waals surface area contributed by atoms with E-state index in [1.165, 1.54) is 65.7 Å². The average Bonchev–Trinajstić information content (AvgIpc) is 3.19. The average molecular weight is 624 g/mol. The van der Waals surface area contributed by atoms with E-state index >= 15 is 0 Å². The standard InChI is InChI=1S/C48H33N/c1-3-11-34(12-4-1)37-14-9-15-38(31-37)35-21-26-43(27-22-35)49(42-17-5-2-6-18-42)44-19-10-16-39(33-44)40-24-28-46-41(32-40)25-30-47-45-20-8-7-13-36(45)23-29-48(46)47/h1-33H. The van der Waals surface area contributed by atoms with Crippen molar-refractivity contribution in [3.63, 3.8) is 0 Å². The van der Waals surface area contributed by atoms with Crippen LogP contribution in [0.5, 0.6) is 0 Å². The van der Waals surface area contributed by atoms with Gasteiger partial charge in [0.2, 0.25) is 0 Å². The fraction of sp³-hybridized carbons (Fsp3) is 0. The lowest BCUT2D eigenvalue weighted by Crippen LogP contribution is -2.09. The summed E-state index contributed by atoms with van der Waals surface area (Å²) in [5.74, 6) is 0. The molecule has 9 rings (SSSR count). The Morgan fingerprint density at radius 2 is 0.694 bits per heavy atom. The highest BCUT2D eigenvalue weighted by Crippen LogP contribution is 2.39. The van der Waals surface area contributed by atoms with Gasteiger partial charge in [0.25, 0.3) is 0 Å². The summed E-state index contributed by atoms with van der Waals surface area (Å²) in [5.41, 5.74) is 10.6. The minimum Gasteiger partial charge on any atom is -0.310 e. The summed E-state index contributed by atoms with van der Waals surface area (Å²) in [4.78, 5) is 2.34. The van der Waals surface area contributed by atoms with Crippen LogP contribution in [0.3, 0.4) is 0 Å². The van der Waals surface area contributed by atoms with Crippen LogP contribution in [0.4, 0.5) is 17.1 Å². The number of hydrogen-bond acceptors (Lipinski definition) is 1. The first-order valence-corrected chi connectivity index (χ1v) is 16.8. The molecule has 0 amide bonds. The van der Waals surface area contributed by atoms with Crippen LogP contribution >= 0.6 is 0 Å². The van der Waals surface area contributed by atoms with Crippen LogP contribution in [-0.4, -0.2) is 0 Å². The molecule has 9 aromatic carbocycles. The first-order valence-electron chi connectivity index (χ1n) is 16.8. The highest BCUT2D eigenvalue weighted by molar-refractivity contribution is 6.17. The van der Waals surface area contributed by atoms with Gasteiger partial charge in [0.1, 0.15) is 0 Å². The largest absolute Gasteiger partial charge is 0.310 e.